The van der Waals surface area contributed by atoms with Gasteiger partial charge in [-0.3, -0.25) is 4.79 Å². The third-order valence-corrected chi connectivity index (χ3v) is 9.64. The minimum Gasteiger partial charge on any atom is -0.461 e. The van der Waals surface area contributed by atoms with E-state index in [0.29, 0.717) is 6.42 Å². The minimum absolute atomic E-state index is 0.00164. The lowest BCUT2D eigenvalue weighted by Gasteiger charge is -2.36. The zero-order valence-corrected chi connectivity index (χ0v) is 26.0. The maximum atomic E-state index is 12.1. The lowest BCUT2D eigenvalue weighted by Crippen LogP contribution is -2.46. The summed E-state index contributed by atoms with van der Waals surface area (Å²) in [7, 11) is 0. The van der Waals surface area contributed by atoms with Crippen molar-refractivity contribution in [3.05, 3.63) is 48.6 Å². The van der Waals surface area contributed by atoms with Crippen molar-refractivity contribution >= 4 is 12.1 Å². The normalized spacial score (nSPS) is 36.5. The summed E-state index contributed by atoms with van der Waals surface area (Å²) >= 11 is 0. The number of amides is 1. The van der Waals surface area contributed by atoms with Gasteiger partial charge in [-0.2, -0.15) is 0 Å². The predicted molar refractivity (Wildman–Crippen MR) is 160 cm³/mol. The molecule has 2 aliphatic rings. The van der Waals surface area contributed by atoms with Gasteiger partial charge in [-0.15, -0.1) is 0 Å². The first kappa shape index (κ1) is 34.8. The van der Waals surface area contributed by atoms with Gasteiger partial charge in [-0.05, 0) is 37.5 Å². The molecule has 8 nitrogen and oxygen atoms in total. The van der Waals surface area contributed by atoms with Crippen molar-refractivity contribution in [1.82, 2.24) is 0 Å². The number of ether oxygens (including phenoxy) is 2. The summed E-state index contributed by atoms with van der Waals surface area (Å²) in [4.78, 5) is 23.8. The van der Waals surface area contributed by atoms with E-state index in [1.54, 1.807) is 19.1 Å². The molecule has 2 rings (SSSR count). The molecule has 14 atom stereocenters. The fourth-order valence-electron chi connectivity index (χ4n) is 6.91. The predicted octanol–water partition coefficient (Wildman–Crippen LogP) is 4.79. The SMILES string of the molecule is C=C/C=C\C(C)C(OC(N)=O)C(C)C(O)C(C)/C=C(\C)C1C(C)C(O)C(C)C1/C=C/C[C@@H]1OC(=O)[C@H](C)[C@@H](O)[C@@H]1C. The largest absolute Gasteiger partial charge is 0.461 e. The molecule has 0 radical (unpaired) electrons. The van der Waals surface area contributed by atoms with Gasteiger partial charge >= 0.3 is 12.1 Å². The highest BCUT2D eigenvalue weighted by molar-refractivity contribution is 5.73. The summed E-state index contributed by atoms with van der Waals surface area (Å²) in [6.45, 7) is 19.1. The molecule has 41 heavy (non-hydrogen) atoms. The second-order valence-corrected chi connectivity index (χ2v) is 12.6. The molecule has 232 valence electrons. The van der Waals surface area contributed by atoms with Gasteiger partial charge in [-0.1, -0.05) is 90.2 Å². The third kappa shape index (κ3) is 8.33. The topological polar surface area (TPSA) is 139 Å². The number of primary amides is 1. The minimum atomic E-state index is -0.883. The Balaban J connectivity index is 2.22. The monoisotopic (exact) mass is 575 g/mol. The first-order valence-corrected chi connectivity index (χ1v) is 15.0. The summed E-state index contributed by atoms with van der Waals surface area (Å²) < 4.78 is 11.0. The summed E-state index contributed by atoms with van der Waals surface area (Å²) in [6, 6.07) is 0. The van der Waals surface area contributed by atoms with E-state index in [2.05, 4.69) is 18.7 Å². The summed E-state index contributed by atoms with van der Waals surface area (Å²) in [6.07, 6.45) is 8.03. The molecular formula is C33H53NO7. The second kappa shape index (κ2) is 15.2. The molecule has 8 heteroatoms. The molecule has 1 aliphatic heterocycles. The van der Waals surface area contributed by atoms with Crippen molar-refractivity contribution in [2.45, 2.75) is 92.3 Å². The zero-order valence-electron chi connectivity index (χ0n) is 26.0. The number of aliphatic hydroxyl groups is 3. The van der Waals surface area contributed by atoms with Gasteiger partial charge in [0.1, 0.15) is 12.2 Å². The van der Waals surface area contributed by atoms with E-state index in [9.17, 15) is 24.9 Å². The number of hydrogen-bond acceptors (Lipinski definition) is 7. The summed E-state index contributed by atoms with van der Waals surface area (Å²) in [5.41, 5.74) is 6.41. The quantitative estimate of drug-likeness (QED) is 0.149. The molecule has 0 aromatic carbocycles. The van der Waals surface area contributed by atoms with Crippen LogP contribution in [-0.4, -0.2) is 57.9 Å². The van der Waals surface area contributed by atoms with E-state index < -0.39 is 48.4 Å². The third-order valence-electron chi connectivity index (χ3n) is 9.64. The molecule has 1 saturated heterocycles. The summed E-state index contributed by atoms with van der Waals surface area (Å²) in [5.74, 6) is -1.80. The number of allylic oxidation sites excluding steroid dienone is 4. The Bertz CT molecular complexity index is 990. The molecule has 0 spiro atoms. The van der Waals surface area contributed by atoms with Gasteiger partial charge < -0.3 is 30.5 Å². The van der Waals surface area contributed by atoms with Gasteiger partial charge in [0.2, 0.25) is 0 Å². The Labute approximate surface area is 246 Å². The highest BCUT2D eigenvalue weighted by Gasteiger charge is 2.45. The molecule has 1 amide bonds. The van der Waals surface area contributed by atoms with Gasteiger partial charge in [0.15, 0.2) is 0 Å². The van der Waals surface area contributed by atoms with Crippen molar-refractivity contribution in [3.8, 4) is 0 Å². The first-order chi connectivity index (χ1) is 19.1. The zero-order chi connectivity index (χ0) is 31.2. The van der Waals surface area contributed by atoms with E-state index in [1.165, 1.54) is 0 Å². The lowest BCUT2D eigenvalue weighted by atomic mass is 9.78. The number of aliphatic hydroxyl groups excluding tert-OH is 3. The number of rotatable bonds is 12. The Morgan fingerprint density at radius 2 is 1.71 bits per heavy atom. The highest BCUT2D eigenvalue weighted by atomic mass is 16.6. The van der Waals surface area contributed by atoms with Crippen LogP contribution in [-0.2, 0) is 14.3 Å². The van der Waals surface area contributed by atoms with Crippen LogP contribution in [0.5, 0.6) is 0 Å². The number of nitrogens with two attached hydrogens (primary N) is 1. The molecule has 2 fully saturated rings. The molecule has 1 aliphatic carbocycles. The van der Waals surface area contributed by atoms with Gasteiger partial charge in [-0.25, -0.2) is 4.79 Å². The Morgan fingerprint density at radius 1 is 1.07 bits per heavy atom. The first-order valence-electron chi connectivity index (χ1n) is 15.0. The molecular weight excluding hydrogens is 522 g/mol. The van der Waals surface area contributed by atoms with E-state index >= 15 is 0 Å². The fraction of sp³-hybridized carbons (Fsp3) is 0.697. The van der Waals surface area contributed by atoms with Crippen LogP contribution < -0.4 is 5.73 Å². The highest BCUT2D eigenvalue weighted by Crippen LogP contribution is 2.46. The van der Waals surface area contributed by atoms with Crippen LogP contribution in [0.1, 0.15) is 61.8 Å². The lowest BCUT2D eigenvalue weighted by molar-refractivity contribution is -0.176. The van der Waals surface area contributed by atoms with Crippen LogP contribution in [0.25, 0.3) is 0 Å². The van der Waals surface area contributed by atoms with Gasteiger partial charge in [0.25, 0.3) is 0 Å². The Morgan fingerprint density at radius 3 is 2.29 bits per heavy atom. The van der Waals surface area contributed by atoms with Crippen LogP contribution in [0.3, 0.4) is 0 Å². The molecule has 1 saturated carbocycles. The standard InChI is InChI=1S/C33H53NO7/c1-10-11-13-17(2)31(41-33(34)39)23(8)28(35)19(4)16-18(3)27-22(7)29(36)20(5)25(27)14-12-15-26-21(6)30(37)24(9)32(38)40-26/h10-14,16-17,19-31,35-37H,1,15H2,2-9H3,(H2,34,39)/b13-11-,14-12+,18-16+/t17?,19?,20?,21-,22?,23?,24-,25?,26+,27?,28?,29?,30+,31?/m1/s1. The number of esters is 1. The smallest absolute Gasteiger partial charge is 0.404 e. The number of cyclic esters (lactones) is 1. The van der Waals surface area contributed by atoms with E-state index in [4.69, 9.17) is 15.2 Å². The number of carbonyl (C=O) groups excluding carboxylic acids is 2. The van der Waals surface area contributed by atoms with Crippen molar-refractivity contribution in [2.24, 2.45) is 59.0 Å². The molecule has 10 unspecified atom stereocenters. The average Bonchev–Trinajstić information content (AvgIpc) is 3.14. The molecule has 0 bridgehead atoms. The van der Waals surface area contributed by atoms with E-state index in [-0.39, 0.29) is 47.4 Å². The van der Waals surface area contributed by atoms with Crippen LogP contribution in [0, 0.1) is 53.3 Å². The van der Waals surface area contributed by atoms with E-state index in [0.717, 1.165) is 5.57 Å². The Hall–Kier alpha value is -2.42. The second-order valence-electron chi connectivity index (χ2n) is 12.6. The van der Waals surface area contributed by atoms with Gasteiger partial charge in [0, 0.05) is 30.1 Å². The van der Waals surface area contributed by atoms with Crippen LogP contribution in [0.4, 0.5) is 4.79 Å². The molecule has 0 aromatic heterocycles. The van der Waals surface area contributed by atoms with Crippen molar-refractivity contribution in [3.63, 3.8) is 0 Å². The maximum absolute atomic E-state index is 12.1. The van der Waals surface area contributed by atoms with Crippen molar-refractivity contribution in [1.29, 1.82) is 0 Å². The molecule has 1 heterocycles. The van der Waals surface area contributed by atoms with Crippen LogP contribution >= 0.6 is 0 Å². The fourth-order valence-corrected chi connectivity index (χ4v) is 6.91. The maximum Gasteiger partial charge on any atom is 0.404 e. The number of hydrogen-bond donors (Lipinski definition) is 4. The van der Waals surface area contributed by atoms with Crippen molar-refractivity contribution < 1.29 is 34.4 Å². The van der Waals surface area contributed by atoms with Crippen molar-refractivity contribution in [2.75, 3.05) is 0 Å². The number of carbonyl (C=O) groups is 2. The summed E-state index contributed by atoms with van der Waals surface area (Å²) in [5, 5.41) is 32.7. The van der Waals surface area contributed by atoms with Gasteiger partial charge in [0.05, 0.1) is 24.2 Å². The van der Waals surface area contributed by atoms with Crippen LogP contribution in [0.2, 0.25) is 0 Å². The Kier molecular flexibility index (Phi) is 12.9. The molecule has 5 N–H and O–H groups in total. The average molecular weight is 576 g/mol. The van der Waals surface area contributed by atoms with Crippen LogP contribution in [0.15, 0.2) is 48.6 Å². The molecule has 0 aromatic rings. The van der Waals surface area contributed by atoms with E-state index in [1.807, 2.05) is 60.6 Å².